The molecule has 2 aromatic carbocycles. The van der Waals surface area contributed by atoms with Gasteiger partial charge in [-0.25, -0.2) is 4.68 Å². The molecule has 130 valence electrons. The summed E-state index contributed by atoms with van der Waals surface area (Å²) in [6, 6.07) is 15.1. The Morgan fingerprint density at radius 3 is 2.73 bits per heavy atom. The van der Waals surface area contributed by atoms with Crippen LogP contribution >= 0.6 is 12.6 Å². The number of aromatic hydroxyl groups is 1. The largest absolute Gasteiger partial charge is 0.505 e. The molecule has 2 heterocycles. The third-order valence-corrected chi connectivity index (χ3v) is 4.65. The van der Waals surface area contributed by atoms with E-state index in [4.69, 9.17) is 0 Å². The van der Waals surface area contributed by atoms with E-state index < -0.39 is 0 Å². The predicted octanol–water partition coefficient (Wildman–Crippen LogP) is 3.26. The standard InChI is InChI=1S/C19H16N4O2S/c1-2-22-11-15(16(24)10-17(22)25)23-18(19(26)20-21-23)14-9-5-7-12-6-3-4-8-13(12)14/h3-11,24,26H,2H2,1H3. The normalized spacial score (nSPS) is 11.2. The molecule has 0 unspecified atom stereocenters. The first-order chi connectivity index (χ1) is 12.6. The Kier molecular flexibility index (Phi) is 4.00. The molecule has 0 saturated carbocycles. The van der Waals surface area contributed by atoms with E-state index >= 15 is 0 Å². The topological polar surface area (TPSA) is 72.9 Å². The van der Waals surface area contributed by atoms with Crippen LogP contribution in [0.4, 0.5) is 0 Å². The lowest BCUT2D eigenvalue weighted by atomic mass is 10.0. The van der Waals surface area contributed by atoms with Gasteiger partial charge < -0.3 is 9.67 Å². The number of benzene rings is 2. The molecule has 0 atom stereocenters. The molecule has 0 amide bonds. The SMILES string of the molecule is CCn1cc(-n2nnc(S)c2-c2cccc3ccccc23)c(O)cc1=O. The quantitative estimate of drug-likeness (QED) is 0.547. The second kappa shape index (κ2) is 6.34. The minimum atomic E-state index is -0.272. The molecule has 2 aromatic heterocycles. The highest BCUT2D eigenvalue weighted by Gasteiger charge is 2.19. The van der Waals surface area contributed by atoms with Crippen molar-refractivity contribution in [1.82, 2.24) is 19.6 Å². The molecule has 0 aliphatic heterocycles. The number of pyridine rings is 1. The van der Waals surface area contributed by atoms with Gasteiger partial charge in [-0.05, 0) is 17.7 Å². The van der Waals surface area contributed by atoms with Crippen LogP contribution in [0.25, 0.3) is 27.7 Å². The van der Waals surface area contributed by atoms with Crippen molar-refractivity contribution in [2.45, 2.75) is 18.5 Å². The van der Waals surface area contributed by atoms with Crippen molar-refractivity contribution < 1.29 is 5.11 Å². The molecule has 7 heteroatoms. The van der Waals surface area contributed by atoms with Crippen molar-refractivity contribution in [3.8, 4) is 22.7 Å². The van der Waals surface area contributed by atoms with Gasteiger partial charge in [-0.1, -0.05) is 47.7 Å². The Morgan fingerprint density at radius 1 is 1.15 bits per heavy atom. The highest BCUT2D eigenvalue weighted by atomic mass is 32.1. The van der Waals surface area contributed by atoms with E-state index in [1.54, 1.807) is 6.20 Å². The van der Waals surface area contributed by atoms with Gasteiger partial charge in [0, 0.05) is 24.4 Å². The molecule has 4 aromatic rings. The van der Waals surface area contributed by atoms with Crippen LogP contribution in [0.15, 0.2) is 64.5 Å². The highest BCUT2D eigenvalue weighted by molar-refractivity contribution is 7.80. The highest BCUT2D eigenvalue weighted by Crippen LogP contribution is 2.34. The van der Waals surface area contributed by atoms with Crippen LogP contribution in [0.5, 0.6) is 5.75 Å². The lowest BCUT2D eigenvalue weighted by Gasteiger charge is -2.12. The van der Waals surface area contributed by atoms with Gasteiger partial charge >= 0.3 is 0 Å². The minimum Gasteiger partial charge on any atom is -0.505 e. The van der Waals surface area contributed by atoms with Crippen LogP contribution in [0.2, 0.25) is 0 Å². The first-order valence-corrected chi connectivity index (χ1v) is 8.61. The van der Waals surface area contributed by atoms with E-state index in [9.17, 15) is 9.90 Å². The van der Waals surface area contributed by atoms with Gasteiger partial charge in [0.25, 0.3) is 5.56 Å². The summed E-state index contributed by atoms with van der Waals surface area (Å²) in [5, 5.41) is 21.1. The second-order valence-electron chi connectivity index (χ2n) is 5.87. The van der Waals surface area contributed by atoms with E-state index in [0.717, 1.165) is 16.3 Å². The van der Waals surface area contributed by atoms with Crippen molar-refractivity contribution in [3.05, 3.63) is 65.1 Å². The molecule has 0 radical (unpaired) electrons. The fourth-order valence-corrected chi connectivity index (χ4v) is 3.33. The summed E-state index contributed by atoms with van der Waals surface area (Å²) < 4.78 is 3.02. The zero-order chi connectivity index (χ0) is 18.3. The molecule has 26 heavy (non-hydrogen) atoms. The van der Waals surface area contributed by atoms with E-state index in [1.807, 2.05) is 49.4 Å². The van der Waals surface area contributed by atoms with Gasteiger partial charge in [-0.2, -0.15) is 0 Å². The van der Waals surface area contributed by atoms with E-state index in [2.05, 4.69) is 22.9 Å². The third-order valence-electron chi connectivity index (χ3n) is 4.35. The van der Waals surface area contributed by atoms with Gasteiger partial charge in [-0.15, -0.1) is 17.7 Å². The number of nitrogens with zero attached hydrogens (tertiary/aromatic N) is 4. The maximum atomic E-state index is 11.9. The molecule has 0 bridgehead atoms. The predicted molar refractivity (Wildman–Crippen MR) is 103 cm³/mol. The molecule has 0 spiro atoms. The fraction of sp³-hybridized carbons (Fsp3) is 0.105. The number of hydrogen-bond donors (Lipinski definition) is 2. The summed E-state index contributed by atoms with van der Waals surface area (Å²) in [5.74, 6) is -0.153. The van der Waals surface area contributed by atoms with Crippen molar-refractivity contribution in [2.75, 3.05) is 0 Å². The van der Waals surface area contributed by atoms with Crippen molar-refractivity contribution in [3.63, 3.8) is 0 Å². The van der Waals surface area contributed by atoms with Crippen LogP contribution in [0.3, 0.4) is 0 Å². The van der Waals surface area contributed by atoms with Gasteiger partial charge in [0.05, 0.1) is 0 Å². The molecule has 6 nitrogen and oxygen atoms in total. The molecular weight excluding hydrogens is 348 g/mol. The Hall–Kier alpha value is -3.06. The summed E-state index contributed by atoms with van der Waals surface area (Å²) >= 11 is 4.46. The molecular formula is C19H16N4O2S. The number of aryl methyl sites for hydroxylation is 1. The van der Waals surface area contributed by atoms with E-state index in [-0.39, 0.29) is 11.3 Å². The number of rotatable bonds is 3. The van der Waals surface area contributed by atoms with Gasteiger partial charge in [0.1, 0.15) is 22.2 Å². The van der Waals surface area contributed by atoms with E-state index in [1.165, 1.54) is 15.3 Å². The third kappa shape index (κ3) is 2.57. The summed E-state index contributed by atoms with van der Waals surface area (Å²) in [6.07, 6.45) is 1.58. The van der Waals surface area contributed by atoms with Gasteiger partial charge in [0.2, 0.25) is 0 Å². The second-order valence-corrected chi connectivity index (χ2v) is 6.29. The Morgan fingerprint density at radius 2 is 1.92 bits per heavy atom. The average Bonchev–Trinajstić information content (AvgIpc) is 3.02. The fourth-order valence-electron chi connectivity index (χ4n) is 3.07. The van der Waals surface area contributed by atoms with Crippen LogP contribution in [0.1, 0.15) is 6.92 Å². The number of aromatic nitrogens is 4. The van der Waals surface area contributed by atoms with Gasteiger partial charge in [-0.3, -0.25) is 4.79 Å². The van der Waals surface area contributed by atoms with Crippen molar-refractivity contribution in [2.24, 2.45) is 0 Å². The number of hydrogen-bond acceptors (Lipinski definition) is 5. The average molecular weight is 364 g/mol. The summed E-state index contributed by atoms with van der Waals surface area (Å²) in [5.41, 5.74) is 1.65. The molecule has 1 N–H and O–H groups in total. The molecule has 0 aliphatic rings. The summed E-state index contributed by atoms with van der Waals surface area (Å²) in [7, 11) is 0. The molecule has 4 rings (SSSR count). The first-order valence-electron chi connectivity index (χ1n) is 8.16. The smallest absolute Gasteiger partial charge is 0.254 e. The summed E-state index contributed by atoms with van der Waals surface area (Å²) in [4.78, 5) is 11.9. The van der Waals surface area contributed by atoms with Crippen molar-refractivity contribution in [1.29, 1.82) is 0 Å². The van der Waals surface area contributed by atoms with Crippen LogP contribution in [0, 0.1) is 0 Å². The summed E-state index contributed by atoms with van der Waals surface area (Å²) in [6.45, 7) is 2.34. The maximum Gasteiger partial charge on any atom is 0.254 e. The Balaban J connectivity index is 2.02. The van der Waals surface area contributed by atoms with E-state index in [0.29, 0.717) is 23.0 Å². The molecule has 0 aliphatic carbocycles. The maximum absolute atomic E-state index is 11.9. The van der Waals surface area contributed by atoms with Crippen LogP contribution in [-0.4, -0.2) is 24.7 Å². The number of fused-ring (bicyclic) bond motifs is 1. The molecule has 0 fully saturated rings. The number of thiol groups is 1. The van der Waals surface area contributed by atoms with Gasteiger partial charge in [0.15, 0.2) is 0 Å². The van der Waals surface area contributed by atoms with Crippen molar-refractivity contribution >= 4 is 23.4 Å². The zero-order valence-corrected chi connectivity index (χ0v) is 14.9. The Labute approximate surface area is 154 Å². The Bertz CT molecular complexity index is 1170. The van der Waals surface area contributed by atoms with Crippen LogP contribution in [-0.2, 0) is 6.54 Å². The molecule has 0 saturated heterocycles. The minimum absolute atomic E-state index is 0.153. The lowest BCUT2D eigenvalue weighted by Crippen LogP contribution is -2.19. The zero-order valence-electron chi connectivity index (χ0n) is 14.0. The van der Waals surface area contributed by atoms with Crippen LogP contribution < -0.4 is 5.56 Å². The first kappa shape index (κ1) is 16.4. The monoisotopic (exact) mass is 364 g/mol. The lowest BCUT2D eigenvalue weighted by molar-refractivity contribution is 0.465.